The highest BCUT2D eigenvalue weighted by molar-refractivity contribution is 7.85. The second-order valence-corrected chi connectivity index (χ2v) is 6.25. The Hall–Kier alpha value is -0.950. The van der Waals surface area contributed by atoms with Crippen molar-refractivity contribution >= 4 is 10.1 Å². The van der Waals surface area contributed by atoms with Crippen LogP contribution in [0.25, 0.3) is 0 Å². The largest absolute Gasteiger partial charge is 0.744 e. The van der Waals surface area contributed by atoms with Gasteiger partial charge in [-0.3, -0.25) is 0 Å². The topological polar surface area (TPSA) is 88.7 Å². The van der Waals surface area contributed by atoms with Crippen LogP contribution in [0.2, 0.25) is 0 Å². The molecule has 0 heterocycles. The molecule has 0 fully saturated rings. The number of hydrogen-bond acceptors (Lipinski definition) is 3. The van der Waals surface area contributed by atoms with Crippen molar-refractivity contribution in [2.24, 2.45) is 0 Å². The van der Waals surface area contributed by atoms with Gasteiger partial charge >= 0.3 is 0 Å². The lowest BCUT2D eigenvalue weighted by molar-refractivity contribution is -0.921. The van der Waals surface area contributed by atoms with Crippen LogP contribution in [-0.4, -0.2) is 49.1 Å². The van der Waals surface area contributed by atoms with Gasteiger partial charge in [0, 0.05) is 0 Å². The Morgan fingerprint density at radius 1 is 0.905 bits per heavy atom. The molecular formula is C15H29NO4S. The molecule has 0 radical (unpaired) electrons. The number of hydrogen-bond donors (Lipinski definition) is 0. The molecule has 124 valence electrons. The van der Waals surface area contributed by atoms with Crippen molar-refractivity contribution in [1.29, 1.82) is 0 Å². The zero-order chi connectivity index (χ0) is 15.8. The van der Waals surface area contributed by atoms with Gasteiger partial charge in [0.2, 0.25) is 0 Å². The van der Waals surface area contributed by atoms with Crippen molar-refractivity contribution in [1.82, 2.24) is 0 Å². The molecule has 21 heavy (non-hydrogen) atoms. The third-order valence-electron chi connectivity index (χ3n) is 3.99. The zero-order valence-corrected chi connectivity index (χ0v) is 14.5. The van der Waals surface area contributed by atoms with Crippen molar-refractivity contribution in [2.75, 3.05) is 26.2 Å². The van der Waals surface area contributed by atoms with Gasteiger partial charge in [-0.2, -0.15) is 0 Å². The summed E-state index contributed by atoms with van der Waals surface area (Å²) in [6, 6.07) is 5.78. The van der Waals surface area contributed by atoms with E-state index >= 15 is 0 Å². The minimum Gasteiger partial charge on any atom is -0.744 e. The number of aryl methyl sites for hydroxylation is 1. The molecule has 0 aromatic heterocycles. The predicted molar refractivity (Wildman–Crippen MR) is 85.2 cm³/mol. The van der Waals surface area contributed by atoms with Crippen LogP contribution >= 0.6 is 0 Å². The Bertz CT molecular complexity index is 461. The quantitative estimate of drug-likeness (QED) is 0.614. The van der Waals surface area contributed by atoms with Gasteiger partial charge in [0.15, 0.2) is 0 Å². The van der Waals surface area contributed by atoms with E-state index in [1.54, 1.807) is 12.1 Å². The van der Waals surface area contributed by atoms with Crippen molar-refractivity contribution in [3.63, 3.8) is 0 Å². The third-order valence-corrected chi connectivity index (χ3v) is 4.84. The van der Waals surface area contributed by atoms with Crippen LogP contribution in [0.4, 0.5) is 0 Å². The van der Waals surface area contributed by atoms with Crippen molar-refractivity contribution in [3.8, 4) is 0 Å². The first kappa shape index (κ1) is 22.3. The van der Waals surface area contributed by atoms with E-state index in [1.807, 2.05) is 6.92 Å². The van der Waals surface area contributed by atoms with Gasteiger partial charge in [0.25, 0.3) is 0 Å². The summed E-state index contributed by atoms with van der Waals surface area (Å²) in [5.74, 6) is 0. The minimum atomic E-state index is -4.27. The molecule has 2 N–H and O–H groups in total. The first-order valence-electron chi connectivity index (χ1n) is 7.12. The van der Waals surface area contributed by atoms with Gasteiger partial charge in [0.05, 0.1) is 31.1 Å². The summed E-state index contributed by atoms with van der Waals surface area (Å²) in [4.78, 5) is -0.178. The molecule has 0 aliphatic rings. The average molecular weight is 319 g/mol. The summed E-state index contributed by atoms with van der Waals surface area (Å²) < 4.78 is 32.4. The van der Waals surface area contributed by atoms with Gasteiger partial charge in [0.1, 0.15) is 10.1 Å². The van der Waals surface area contributed by atoms with Crippen molar-refractivity contribution in [2.45, 2.75) is 39.5 Å². The first-order chi connectivity index (χ1) is 9.24. The summed E-state index contributed by atoms with van der Waals surface area (Å²) in [7, 11) is -4.27. The fourth-order valence-electron chi connectivity index (χ4n) is 2.05. The second kappa shape index (κ2) is 9.89. The standard InChI is InChI=1S/C8H20N.C7H8O3S.H2O/c1-5-9(6-2,7-3)8-4;1-6-2-4-7(5-3-6)11(8,9)10;/h5-8H2,1-4H3;2-5H,1H3,(H,8,9,10);1H2/q+1;;/p-1. The van der Waals surface area contributed by atoms with Crippen LogP contribution in [-0.2, 0) is 10.1 Å². The fraction of sp³-hybridized carbons (Fsp3) is 0.600. The molecule has 0 saturated heterocycles. The van der Waals surface area contributed by atoms with Crippen LogP contribution in [0, 0.1) is 6.92 Å². The lowest BCUT2D eigenvalue weighted by Gasteiger charge is -2.34. The van der Waals surface area contributed by atoms with E-state index in [2.05, 4.69) is 27.7 Å². The summed E-state index contributed by atoms with van der Waals surface area (Å²) in [6.07, 6.45) is 0. The Labute approximate surface area is 129 Å². The first-order valence-corrected chi connectivity index (χ1v) is 8.53. The summed E-state index contributed by atoms with van der Waals surface area (Å²) in [6.45, 7) is 16.0. The molecule has 0 bridgehead atoms. The Kier molecular flexibility index (Phi) is 10.5. The summed E-state index contributed by atoms with van der Waals surface area (Å²) in [5, 5.41) is 0. The second-order valence-electron chi connectivity index (χ2n) is 4.87. The highest BCUT2D eigenvalue weighted by Gasteiger charge is 2.16. The maximum atomic E-state index is 10.4. The fourth-order valence-corrected chi connectivity index (χ4v) is 2.52. The summed E-state index contributed by atoms with van der Waals surface area (Å²) >= 11 is 0. The highest BCUT2D eigenvalue weighted by atomic mass is 32.2. The van der Waals surface area contributed by atoms with E-state index in [0.29, 0.717) is 0 Å². The maximum Gasteiger partial charge on any atom is 0.124 e. The minimum absolute atomic E-state index is 0. The number of quaternary nitrogens is 1. The van der Waals surface area contributed by atoms with Gasteiger partial charge in [-0.1, -0.05) is 17.7 Å². The molecule has 1 aromatic rings. The zero-order valence-electron chi connectivity index (χ0n) is 13.7. The Morgan fingerprint density at radius 2 is 1.24 bits per heavy atom. The monoisotopic (exact) mass is 319 g/mol. The maximum absolute atomic E-state index is 10.4. The normalized spacial score (nSPS) is 11.1. The summed E-state index contributed by atoms with van der Waals surface area (Å²) in [5.41, 5.74) is 0.928. The molecule has 1 rings (SSSR count). The molecule has 0 unspecified atom stereocenters. The predicted octanol–water partition coefficient (Wildman–Crippen LogP) is 1.96. The highest BCUT2D eigenvalue weighted by Crippen LogP contribution is 2.08. The van der Waals surface area contributed by atoms with Crippen LogP contribution in [0.5, 0.6) is 0 Å². The number of benzene rings is 1. The number of nitrogens with zero attached hydrogens (tertiary/aromatic N) is 1. The van der Waals surface area contributed by atoms with Crippen LogP contribution in [0.3, 0.4) is 0 Å². The lowest BCUT2D eigenvalue weighted by atomic mass is 10.2. The van der Waals surface area contributed by atoms with Crippen molar-refractivity contribution < 1.29 is 22.9 Å². The van der Waals surface area contributed by atoms with Gasteiger partial charge in [-0.05, 0) is 46.8 Å². The lowest BCUT2D eigenvalue weighted by Crippen LogP contribution is -2.47. The third kappa shape index (κ3) is 7.57. The SMILES string of the molecule is CC[N+](CC)(CC)CC.Cc1ccc(S(=O)(=O)[O-])cc1.O. The molecule has 6 heteroatoms. The van der Waals surface area contributed by atoms with Crippen molar-refractivity contribution in [3.05, 3.63) is 29.8 Å². The molecule has 0 atom stereocenters. The molecule has 1 aromatic carbocycles. The Morgan fingerprint density at radius 3 is 1.43 bits per heavy atom. The van der Waals surface area contributed by atoms with Crippen LogP contribution in [0.1, 0.15) is 33.3 Å². The van der Waals surface area contributed by atoms with Gasteiger partial charge < -0.3 is 14.5 Å². The molecule has 0 aliphatic carbocycles. The van der Waals surface area contributed by atoms with E-state index in [0.717, 1.165) is 5.56 Å². The molecule has 5 nitrogen and oxygen atoms in total. The molecule has 0 spiro atoms. The Balaban J connectivity index is 0. The van der Waals surface area contributed by atoms with E-state index in [4.69, 9.17) is 0 Å². The van der Waals surface area contributed by atoms with Gasteiger partial charge in [-0.25, -0.2) is 8.42 Å². The van der Waals surface area contributed by atoms with E-state index < -0.39 is 10.1 Å². The van der Waals surface area contributed by atoms with Gasteiger partial charge in [-0.15, -0.1) is 0 Å². The molecule has 0 saturated carbocycles. The smallest absolute Gasteiger partial charge is 0.124 e. The van der Waals surface area contributed by atoms with Crippen LogP contribution in [0.15, 0.2) is 29.2 Å². The molecule has 0 aliphatic heterocycles. The average Bonchev–Trinajstić information content (AvgIpc) is 2.42. The van der Waals surface area contributed by atoms with Crippen LogP contribution < -0.4 is 0 Å². The number of rotatable bonds is 5. The molecule has 0 amide bonds. The van der Waals surface area contributed by atoms with E-state index in [-0.39, 0.29) is 10.4 Å². The molecular weight excluding hydrogens is 290 g/mol. The van der Waals surface area contributed by atoms with E-state index in [1.165, 1.54) is 42.8 Å². The van der Waals surface area contributed by atoms with E-state index in [9.17, 15) is 13.0 Å².